The highest BCUT2D eigenvalue weighted by Gasteiger charge is 1.93. The van der Waals surface area contributed by atoms with E-state index < -0.39 is 8.25 Å². The SMILES string of the molecule is C=CCOCCCCC.O=[P+](O)O. The Morgan fingerprint density at radius 1 is 1.46 bits per heavy atom. The van der Waals surface area contributed by atoms with Gasteiger partial charge < -0.3 is 4.74 Å². The van der Waals surface area contributed by atoms with Crippen molar-refractivity contribution in [1.82, 2.24) is 0 Å². The molecule has 0 bridgehead atoms. The zero-order chi connectivity index (χ0) is 10.5. The summed E-state index contributed by atoms with van der Waals surface area (Å²) in [7, 11) is -2.87. The predicted molar refractivity (Wildman–Crippen MR) is 52.6 cm³/mol. The molecule has 0 rings (SSSR count). The Balaban J connectivity index is 0. The summed E-state index contributed by atoms with van der Waals surface area (Å²) in [6, 6.07) is 0. The van der Waals surface area contributed by atoms with Crippen molar-refractivity contribution in [3.63, 3.8) is 0 Å². The van der Waals surface area contributed by atoms with E-state index in [0.717, 1.165) is 6.61 Å². The van der Waals surface area contributed by atoms with Gasteiger partial charge in [-0.2, -0.15) is 0 Å². The Hall–Kier alpha value is -0.280. The Labute approximate surface area is 80.2 Å². The molecule has 0 saturated carbocycles. The second kappa shape index (κ2) is 14.3. The van der Waals surface area contributed by atoms with Crippen molar-refractivity contribution >= 4 is 8.25 Å². The molecule has 78 valence electrons. The lowest BCUT2D eigenvalue weighted by molar-refractivity contribution is 0.158. The third-order valence-corrected chi connectivity index (χ3v) is 1.13. The first-order valence-corrected chi connectivity index (χ1v) is 5.35. The molecule has 0 unspecified atom stereocenters. The highest BCUT2D eigenvalue weighted by Crippen LogP contribution is 1.98. The van der Waals surface area contributed by atoms with E-state index in [0.29, 0.717) is 6.61 Å². The molecule has 0 saturated heterocycles. The lowest BCUT2D eigenvalue weighted by Crippen LogP contribution is -1.92. The summed E-state index contributed by atoms with van der Waals surface area (Å²) >= 11 is 0. The van der Waals surface area contributed by atoms with Gasteiger partial charge in [0.05, 0.1) is 6.61 Å². The van der Waals surface area contributed by atoms with E-state index in [4.69, 9.17) is 19.1 Å². The summed E-state index contributed by atoms with van der Waals surface area (Å²) in [5.41, 5.74) is 0. The Morgan fingerprint density at radius 2 is 2.00 bits per heavy atom. The van der Waals surface area contributed by atoms with Crippen molar-refractivity contribution in [2.24, 2.45) is 0 Å². The summed E-state index contributed by atoms with van der Waals surface area (Å²) in [5.74, 6) is 0. The minimum Gasteiger partial charge on any atom is -0.377 e. The van der Waals surface area contributed by atoms with Crippen molar-refractivity contribution in [2.75, 3.05) is 13.2 Å². The van der Waals surface area contributed by atoms with Crippen molar-refractivity contribution in [1.29, 1.82) is 0 Å². The summed E-state index contributed by atoms with van der Waals surface area (Å²) < 4.78 is 13.9. The van der Waals surface area contributed by atoms with Gasteiger partial charge in [0.1, 0.15) is 0 Å². The maximum absolute atomic E-state index is 8.70. The third kappa shape index (κ3) is 33.8. The summed E-state index contributed by atoms with van der Waals surface area (Å²) in [4.78, 5) is 14.2. The van der Waals surface area contributed by atoms with Crippen LogP contribution >= 0.6 is 8.25 Å². The smallest absolute Gasteiger partial charge is 0.377 e. The molecular formula is C8H18O4P+. The van der Waals surface area contributed by atoms with E-state index in [9.17, 15) is 0 Å². The molecule has 4 nitrogen and oxygen atoms in total. The number of ether oxygens (including phenoxy) is 1. The molecular weight excluding hydrogens is 191 g/mol. The molecule has 5 heteroatoms. The topological polar surface area (TPSA) is 66.8 Å². The van der Waals surface area contributed by atoms with E-state index >= 15 is 0 Å². The lowest BCUT2D eigenvalue weighted by Gasteiger charge is -1.97. The van der Waals surface area contributed by atoms with Crippen LogP contribution in [0, 0.1) is 0 Å². The van der Waals surface area contributed by atoms with Crippen LogP contribution < -0.4 is 0 Å². The second-order valence-electron chi connectivity index (χ2n) is 2.32. The first-order chi connectivity index (χ1) is 6.15. The number of hydrogen-bond acceptors (Lipinski definition) is 2. The third-order valence-electron chi connectivity index (χ3n) is 1.13. The van der Waals surface area contributed by atoms with Gasteiger partial charge in [-0.1, -0.05) is 25.8 Å². The van der Waals surface area contributed by atoms with E-state index in [1.807, 2.05) is 0 Å². The van der Waals surface area contributed by atoms with Crippen molar-refractivity contribution in [3.05, 3.63) is 12.7 Å². The van der Waals surface area contributed by atoms with Crippen LogP contribution in [-0.4, -0.2) is 23.0 Å². The fourth-order valence-electron chi connectivity index (χ4n) is 0.621. The molecule has 0 atom stereocenters. The van der Waals surface area contributed by atoms with Crippen molar-refractivity contribution < 1.29 is 19.1 Å². The minimum atomic E-state index is -2.87. The van der Waals surface area contributed by atoms with Gasteiger partial charge in [-0.05, 0) is 6.42 Å². The molecule has 0 spiro atoms. The van der Waals surface area contributed by atoms with Gasteiger partial charge in [0.15, 0.2) is 0 Å². The summed E-state index contributed by atoms with van der Waals surface area (Å²) in [6.45, 7) is 7.33. The molecule has 0 aromatic heterocycles. The van der Waals surface area contributed by atoms with Crippen LogP contribution in [0.5, 0.6) is 0 Å². The standard InChI is InChI=1S/C8H16O.HO3P/c1-3-5-6-8-9-7-4-2;1-4(2)3/h4H,2-3,5-8H2,1H3;(H-,1,2,3)/p+1. The minimum absolute atomic E-state index is 0.698. The highest BCUT2D eigenvalue weighted by molar-refractivity contribution is 7.30. The largest absolute Gasteiger partial charge is 0.692 e. The average Bonchev–Trinajstić information content (AvgIpc) is 2.03. The maximum Gasteiger partial charge on any atom is 0.692 e. The first kappa shape index (κ1) is 15.2. The molecule has 0 aliphatic carbocycles. The fourth-order valence-corrected chi connectivity index (χ4v) is 0.621. The van der Waals surface area contributed by atoms with Gasteiger partial charge in [-0.3, -0.25) is 0 Å². The zero-order valence-corrected chi connectivity index (χ0v) is 8.87. The molecule has 0 fully saturated rings. The molecule has 0 aromatic carbocycles. The Bertz CT molecular complexity index is 123. The molecule has 2 N–H and O–H groups in total. The average molecular weight is 209 g/mol. The van der Waals surface area contributed by atoms with Gasteiger partial charge in [-0.25, -0.2) is 0 Å². The Kier molecular flexibility index (Phi) is 16.7. The fraction of sp³-hybridized carbons (Fsp3) is 0.750. The van der Waals surface area contributed by atoms with Crippen LogP contribution in [-0.2, 0) is 9.30 Å². The van der Waals surface area contributed by atoms with Gasteiger partial charge in [0.2, 0.25) is 0 Å². The van der Waals surface area contributed by atoms with Gasteiger partial charge in [-0.15, -0.1) is 16.4 Å². The molecule has 0 aromatic rings. The van der Waals surface area contributed by atoms with E-state index in [1.54, 1.807) is 6.08 Å². The van der Waals surface area contributed by atoms with E-state index in [2.05, 4.69) is 13.5 Å². The maximum atomic E-state index is 8.70. The number of unbranched alkanes of at least 4 members (excludes halogenated alkanes) is 2. The van der Waals surface area contributed by atoms with Crippen LogP contribution in [0.1, 0.15) is 26.2 Å². The Morgan fingerprint density at radius 3 is 2.38 bits per heavy atom. The van der Waals surface area contributed by atoms with Crippen LogP contribution in [0.25, 0.3) is 0 Å². The normalized spacial score (nSPS) is 8.54. The van der Waals surface area contributed by atoms with Gasteiger partial charge >= 0.3 is 8.25 Å². The highest BCUT2D eigenvalue weighted by atomic mass is 31.1. The van der Waals surface area contributed by atoms with Crippen LogP contribution in [0.15, 0.2) is 12.7 Å². The van der Waals surface area contributed by atoms with Gasteiger partial charge in [0.25, 0.3) is 0 Å². The van der Waals surface area contributed by atoms with Crippen molar-refractivity contribution in [2.45, 2.75) is 26.2 Å². The zero-order valence-electron chi connectivity index (χ0n) is 7.98. The van der Waals surface area contributed by atoms with Gasteiger partial charge in [0, 0.05) is 11.2 Å². The molecule has 0 aliphatic heterocycles. The first-order valence-electron chi connectivity index (χ1n) is 4.18. The van der Waals surface area contributed by atoms with Crippen LogP contribution in [0.3, 0.4) is 0 Å². The number of hydrogen-bond donors (Lipinski definition) is 2. The van der Waals surface area contributed by atoms with E-state index in [1.165, 1.54) is 19.3 Å². The number of rotatable bonds is 6. The molecule has 0 amide bonds. The van der Waals surface area contributed by atoms with E-state index in [-0.39, 0.29) is 0 Å². The van der Waals surface area contributed by atoms with Crippen LogP contribution in [0.2, 0.25) is 0 Å². The van der Waals surface area contributed by atoms with Crippen LogP contribution in [0.4, 0.5) is 0 Å². The summed E-state index contributed by atoms with van der Waals surface area (Å²) in [5, 5.41) is 0. The second-order valence-corrected chi connectivity index (χ2v) is 2.83. The van der Waals surface area contributed by atoms with Crippen molar-refractivity contribution in [3.8, 4) is 0 Å². The molecule has 13 heavy (non-hydrogen) atoms. The predicted octanol–water partition coefficient (Wildman–Crippen LogP) is 2.01. The molecule has 0 aliphatic rings. The monoisotopic (exact) mass is 209 g/mol. The molecule has 0 heterocycles. The lowest BCUT2D eigenvalue weighted by atomic mass is 10.3. The summed E-state index contributed by atoms with van der Waals surface area (Å²) in [6.07, 6.45) is 5.50. The molecule has 0 radical (unpaired) electrons. The quantitative estimate of drug-likeness (QED) is 0.399.